The average Bonchev–Trinajstić information content (AvgIpc) is 2.97. The molecule has 26 heavy (non-hydrogen) atoms. The highest BCUT2D eigenvalue weighted by Gasteiger charge is 2.35. The summed E-state index contributed by atoms with van der Waals surface area (Å²) < 4.78 is 5.13. The number of ether oxygens (including phenoxy) is 1. The van der Waals surface area contributed by atoms with Crippen LogP contribution in [0.25, 0.3) is 0 Å². The third kappa shape index (κ3) is 3.83. The first-order valence-corrected chi connectivity index (χ1v) is 10.1. The summed E-state index contributed by atoms with van der Waals surface area (Å²) in [6.45, 7) is 3.35. The van der Waals surface area contributed by atoms with Gasteiger partial charge in [0.2, 0.25) is 5.91 Å². The normalized spacial score (nSPS) is 16.1. The molecule has 1 aromatic heterocycles. The molecule has 1 aliphatic carbocycles. The minimum Gasteiger partial charge on any atom is -0.462 e. The first-order chi connectivity index (χ1) is 12.5. The maximum Gasteiger partial charge on any atom is 0.341 e. The predicted molar refractivity (Wildman–Crippen MR) is 103 cm³/mol. The van der Waals surface area contributed by atoms with Crippen molar-refractivity contribution in [2.24, 2.45) is 0 Å². The Labute approximate surface area is 160 Å². The van der Waals surface area contributed by atoms with E-state index < -0.39 is 5.97 Å². The van der Waals surface area contributed by atoms with Crippen molar-refractivity contribution in [2.75, 3.05) is 11.9 Å². The van der Waals surface area contributed by atoms with E-state index >= 15 is 0 Å². The van der Waals surface area contributed by atoms with Gasteiger partial charge in [-0.25, -0.2) is 4.79 Å². The van der Waals surface area contributed by atoms with Gasteiger partial charge >= 0.3 is 5.97 Å². The molecule has 136 valence electrons. The van der Waals surface area contributed by atoms with Crippen molar-refractivity contribution in [3.05, 3.63) is 46.3 Å². The second kappa shape index (κ2) is 8.05. The lowest BCUT2D eigenvalue weighted by Gasteiger charge is -2.20. The lowest BCUT2D eigenvalue weighted by atomic mass is 9.94. The molecule has 1 atom stereocenters. The number of anilines is 1. The zero-order valence-electron chi connectivity index (χ0n) is 14.5. The first kappa shape index (κ1) is 18.7. The van der Waals surface area contributed by atoms with E-state index in [0.717, 1.165) is 4.90 Å². The minimum atomic E-state index is -0.490. The minimum absolute atomic E-state index is 0.00672. The van der Waals surface area contributed by atoms with E-state index in [1.807, 2.05) is 30.3 Å². The van der Waals surface area contributed by atoms with Gasteiger partial charge in [0.15, 0.2) is 5.78 Å². The molecule has 7 heteroatoms. The number of hydrogen-bond donors (Lipinski definition) is 1. The van der Waals surface area contributed by atoms with Gasteiger partial charge < -0.3 is 10.1 Å². The highest BCUT2D eigenvalue weighted by Crippen LogP contribution is 2.42. The molecule has 1 N–H and O–H groups in total. The van der Waals surface area contributed by atoms with Crippen LogP contribution in [0, 0.1) is 0 Å². The first-order valence-electron chi connectivity index (χ1n) is 8.37. The number of Topliss-reactive ketones (excluding diaryl/α,β-unsaturated/α-hetero) is 1. The van der Waals surface area contributed by atoms with Crippen LogP contribution in [0.2, 0.25) is 0 Å². The fourth-order valence-electron chi connectivity index (χ4n) is 2.90. The van der Waals surface area contributed by atoms with Crippen molar-refractivity contribution >= 4 is 45.8 Å². The summed E-state index contributed by atoms with van der Waals surface area (Å²) in [5.74, 6) is -0.764. The van der Waals surface area contributed by atoms with Crippen LogP contribution in [-0.4, -0.2) is 29.5 Å². The second-order valence-corrected chi connectivity index (χ2v) is 8.13. The zero-order valence-corrected chi connectivity index (χ0v) is 16.2. The van der Waals surface area contributed by atoms with Crippen LogP contribution in [0.15, 0.2) is 35.2 Å². The SMILES string of the molecule is CCOC(=O)c1c(NC(C)=O)sc2c1CCC(Sc1ccccc1)C2=O. The van der Waals surface area contributed by atoms with Gasteiger partial charge in [0.25, 0.3) is 0 Å². The van der Waals surface area contributed by atoms with E-state index in [1.54, 1.807) is 6.92 Å². The smallest absolute Gasteiger partial charge is 0.341 e. The molecule has 1 aliphatic rings. The summed E-state index contributed by atoms with van der Waals surface area (Å²) in [5, 5.41) is 2.89. The number of esters is 1. The molecular formula is C19H19NO4S2. The molecule has 1 aromatic carbocycles. The van der Waals surface area contributed by atoms with Crippen LogP contribution < -0.4 is 5.32 Å². The Balaban J connectivity index is 1.93. The number of nitrogens with one attached hydrogen (secondary N) is 1. The van der Waals surface area contributed by atoms with Gasteiger partial charge in [0.05, 0.1) is 22.3 Å². The number of carbonyl (C=O) groups is 3. The monoisotopic (exact) mass is 389 g/mol. The van der Waals surface area contributed by atoms with E-state index in [9.17, 15) is 14.4 Å². The maximum atomic E-state index is 13.0. The zero-order chi connectivity index (χ0) is 18.7. The summed E-state index contributed by atoms with van der Waals surface area (Å²) >= 11 is 2.71. The van der Waals surface area contributed by atoms with Crippen molar-refractivity contribution in [3.63, 3.8) is 0 Å². The molecule has 3 rings (SSSR count). The highest BCUT2D eigenvalue weighted by molar-refractivity contribution is 8.00. The molecule has 0 saturated heterocycles. The molecule has 2 aromatic rings. The Hall–Kier alpha value is -2.12. The Morgan fingerprint density at radius 1 is 1.31 bits per heavy atom. The number of amides is 1. The van der Waals surface area contributed by atoms with Crippen LogP contribution in [0.3, 0.4) is 0 Å². The Bertz CT molecular complexity index is 845. The van der Waals surface area contributed by atoms with Gasteiger partial charge in [-0.1, -0.05) is 18.2 Å². The van der Waals surface area contributed by atoms with Crippen LogP contribution in [0.1, 0.15) is 45.9 Å². The van der Waals surface area contributed by atoms with Gasteiger partial charge in [0.1, 0.15) is 5.00 Å². The van der Waals surface area contributed by atoms with Crippen molar-refractivity contribution in [1.82, 2.24) is 0 Å². The van der Waals surface area contributed by atoms with E-state index in [0.29, 0.717) is 33.8 Å². The number of benzene rings is 1. The fourth-order valence-corrected chi connectivity index (χ4v) is 5.35. The number of hydrogen-bond acceptors (Lipinski definition) is 6. The largest absolute Gasteiger partial charge is 0.462 e. The summed E-state index contributed by atoms with van der Waals surface area (Å²) in [4.78, 5) is 38.4. The van der Waals surface area contributed by atoms with Crippen LogP contribution in [-0.2, 0) is 16.0 Å². The van der Waals surface area contributed by atoms with Gasteiger partial charge in [-0.3, -0.25) is 9.59 Å². The fraction of sp³-hybridized carbons (Fsp3) is 0.316. The topological polar surface area (TPSA) is 72.5 Å². The van der Waals surface area contributed by atoms with Crippen LogP contribution in [0.5, 0.6) is 0 Å². The molecule has 0 aliphatic heterocycles. The van der Waals surface area contributed by atoms with Gasteiger partial charge in [-0.05, 0) is 37.5 Å². The number of thiophene rings is 1. The predicted octanol–water partition coefficient (Wildman–Crippen LogP) is 4.17. The molecular weight excluding hydrogens is 370 g/mol. The number of carbonyl (C=O) groups excluding carboxylic acids is 3. The quantitative estimate of drug-likeness (QED) is 0.777. The molecule has 0 fully saturated rings. The van der Waals surface area contributed by atoms with E-state index in [4.69, 9.17) is 4.74 Å². The molecule has 0 radical (unpaired) electrons. The molecule has 0 spiro atoms. The van der Waals surface area contributed by atoms with Crippen LogP contribution in [0.4, 0.5) is 5.00 Å². The summed E-state index contributed by atoms with van der Waals surface area (Å²) in [7, 11) is 0. The standard InChI is InChI=1S/C19H19NO4S2/c1-3-24-19(23)15-13-9-10-14(25-12-7-5-4-6-8-12)16(22)17(13)26-18(15)20-11(2)21/h4-8,14H,3,9-10H2,1-2H3,(H,20,21). The molecule has 0 saturated carbocycles. The summed E-state index contributed by atoms with van der Waals surface area (Å²) in [5.41, 5.74) is 1.03. The van der Waals surface area contributed by atoms with Crippen LogP contribution >= 0.6 is 23.1 Å². The van der Waals surface area contributed by atoms with E-state index in [1.165, 1.54) is 30.0 Å². The number of ketones is 1. The Morgan fingerprint density at radius 2 is 2.04 bits per heavy atom. The van der Waals surface area contributed by atoms with E-state index in [-0.39, 0.29) is 23.5 Å². The molecule has 0 bridgehead atoms. The third-order valence-electron chi connectivity index (χ3n) is 3.97. The lowest BCUT2D eigenvalue weighted by Crippen LogP contribution is -2.24. The summed E-state index contributed by atoms with van der Waals surface area (Å²) in [6.07, 6.45) is 1.25. The van der Waals surface area contributed by atoms with Gasteiger partial charge in [0, 0.05) is 11.8 Å². The van der Waals surface area contributed by atoms with Crippen molar-refractivity contribution in [2.45, 2.75) is 36.8 Å². The number of fused-ring (bicyclic) bond motifs is 1. The lowest BCUT2D eigenvalue weighted by molar-refractivity contribution is -0.114. The molecule has 5 nitrogen and oxygen atoms in total. The maximum absolute atomic E-state index is 13.0. The highest BCUT2D eigenvalue weighted by atomic mass is 32.2. The van der Waals surface area contributed by atoms with Gasteiger partial charge in [-0.2, -0.15) is 0 Å². The summed E-state index contributed by atoms with van der Waals surface area (Å²) in [6, 6.07) is 9.79. The number of thioether (sulfide) groups is 1. The van der Waals surface area contributed by atoms with Crippen molar-refractivity contribution in [3.8, 4) is 0 Å². The average molecular weight is 389 g/mol. The Kier molecular flexibility index (Phi) is 5.78. The second-order valence-electron chi connectivity index (χ2n) is 5.84. The molecule has 1 amide bonds. The molecule has 1 unspecified atom stereocenters. The number of rotatable bonds is 5. The van der Waals surface area contributed by atoms with E-state index in [2.05, 4.69) is 5.32 Å². The van der Waals surface area contributed by atoms with Crippen molar-refractivity contribution < 1.29 is 19.1 Å². The molecule has 1 heterocycles. The third-order valence-corrected chi connectivity index (χ3v) is 6.41. The van der Waals surface area contributed by atoms with Crippen molar-refractivity contribution in [1.29, 1.82) is 0 Å². The Morgan fingerprint density at radius 3 is 2.69 bits per heavy atom. The van der Waals surface area contributed by atoms with Gasteiger partial charge in [-0.15, -0.1) is 23.1 Å².